The lowest BCUT2D eigenvalue weighted by atomic mass is 9.95. The van der Waals surface area contributed by atoms with Gasteiger partial charge in [-0.25, -0.2) is 0 Å². The average Bonchev–Trinajstić information content (AvgIpc) is 3.08. The standard InChI is InChI=1S/C25H27NO7/c1-4-13-33-18-9-6-16(7-10-18)23(28)21-22(17-8-11-19(27)20(15-17)32-3)26(12-5-14-31-2)25(30)24(21)29/h4,6-11,15,22,27-28H,1,5,12-14H2,2-3H3/b23-21-/t22-/m0/s1. The van der Waals surface area contributed by atoms with Gasteiger partial charge in [-0.2, -0.15) is 0 Å². The molecule has 3 rings (SSSR count). The van der Waals surface area contributed by atoms with E-state index in [-0.39, 0.29) is 29.4 Å². The van der Waals surface area contributed by atoms with Crippen LogP contribution in [0.15, 0.2) is 60.7 Å². The molecule has 8 nitrogen and oxygen atoms in total. The molecule has 2 aromatic carbocycles. The molecule has 1 amide bonds. The summed E-state index contributed by atoms with van der Waals surface area (Å²) < 4.78 is 15.7. The van der Waals surface area contributed by atoms with Crippen molar-refractivity contribution in [3.63, 3.8) is 0 Å². The molecule has 0 saturated carbocycles. The number of phenols is 1. The molecule has 1 saturated heterocycles. The second-order valence-electron chi connectivity index (χ2n) is 7.39. The van der Waals surface area contributed by atoms with E-state index >= 15 is 0 Å². The highest BCUT2D eigenvalue weighted by Gasteiger charge is 2.46. The van der Waals surface area contributed by atoms with Crippen LogP contribution in [0.4, 0.5) is 0 Å². The SMILES string of the molecule is C=CCOc1ccc(/C(O)=C2/C(=O)C(=O)N(CCCOC)[C@H]2c2ccc(O)c(OC)c2)cc1. The summed E-state index contributed by atoms with van der Waals surface area (Å²) in [5.41, 5.74) is 0.852. The van der Waals surface area contributed by atoms with Crippen molar-refractivity contribution >= 4 is 17.4 Å². The molecule has 0 spiro atoms. The lowest BCUT2D eigenvalue weighted by molar-refractivity contribution is -0.140. The van der Waals surface area contributed by atoms with Crippen LogP contribution in [0.1, 0.15) is 23.6 Å². The lowest BCUT2D eigenvalue weighted by Gasteiger charge is -2.25. The molecule has 0 radical (unpaired) electrons. The van der Waals surface area contributed by atoms with E-state index in [1.54, 1.807) is 49.6 Å². The van der Waals surface area contributed by atoms with E-state index in [0.717, 1.165) is 0 Å². The molecule has 8 heteroatoms. The van der Waals surface area contributed by atoms with Crippen LogP contribution in [-0.2, 0) is 14.3 Å². The topological polar surface area (TPSA) is 106 Å². The predicted molar refractivity (Wildman–Crippen MR) is 122 cm³/mol. The first-order valence-corrected chi connectivity index (χ1v) is 10.4. The molecule has 1 aliphatic rings. The fourth-order valence-electron chi connectivity index (χ4n) is 3.72. The Kier molecular flexibility index (Phi) is 7.74. The number of ketones is 1. The van der Waals surface area contributed by atoms with Crippen molar-refractivity contribution in [3.05, 3.63) is 71.8 Å². The third-order valence-corrected chi connectivity index (χ3v) is 5.30. The van der Waals surface area contributed by atoms with Crippen LogP contribution in [0, 0.1) is 0 Å². The Morgan fingerprint density at radius 3 is 2.52 bits per heavy atom. The fraction of sp³-hybridized carbons (Fsp3) is 0.280. The normalized spacial score (nSPS) is 17.3. The minimum absolute atomic E-state index is 0.0371. The Hall–Kier alpha value is -3.78. The number of ether oxygens (including phenoxy) is 3. The zero-order valence-electron chi connectivity index (χ0n) is 18.6. The summed E-state index contributed by atoms with van der Waals surface area (Å²) in [7, 11) is 2.96. The molecular formula is C25H27NO7. The number of aliphatic hydroxyl groups excluding tert-OH is 1. The maximum Gasteiger partial charge on any atom is 0.295 e. The third-order valence-electron chi connectivity index (χ3n) is 5.30. The van der Waals surface area contributed by atoms with Gasteiger partial charge in [0.1, 0.15) is 18.1 Å². The van der Waals surface area contributed by atoms with E-state index in [1.165, 1.54) is 18.1 Å². The van der Waals surface area contributed by atoms with Crippen LogP contribution in [0.3, 0.4) is 0 Å². The van der Waals surface area contributed by atoms with Gasteiger partial charge in [-0.3, -0.25) is 9.59 Å². The van der Waals surface area contributed by atoms with Crippen LogP contribution in [0.25, 0.3) is 5.76 Å². The molecule has 174 valence electrons. The lowest BCUT2D eigenvalue weighted by Crippen LogP contribution is -2.31. The van der Waals surface area contributed by atoms with Crippen molar-refractivity contribution in [2.45, 2.75) is 12.5 Å². The zero-order valence-corrected chi connectivity index (χ0v) is 18.6. The minimum atomic E-state index is -0.854. The molecule has 0 bridgehead atoms. The van der Waals surface area contributed by atoms with Crippen LogP contribution >= 0.6 is 0 Å². The number of rotatable bonds is 10. The van der Waals surface area contributed by atoms with Gasteiger partial charge in [-0.1, -0.05) is 18.7 Å². The molecule has 0 aliphatic carbocycles. The van der Waals surface area contributed by atoms with E-state index in [1.807, 2.05) is 0 Å². The molecule has 1 fully saturated rings. The summed E-state index contributed by atoms with van der Waals surface area (Å²) in [5, 5.41) is 21.1. The van der Waals surface area contributed by atoms with Crippen molar-refractivity contribution in [2.75, 3.05) is 34.0 Å². The predicted octanol–water partition coefficient (Wildman–Crippen LogP) is 3.42. The number of carbonyl (C=O) groups is 2. The number of aliphatic hydroxyl groups is 1. The van der Waals surface area contributed by atoms with Gasteiger partial charge in [-0.05, 0) is 48.4 Å². The fourth-order valence-corrected chi connectivity index (χ4v) is 3.72. The molecule has 1 atom stereocenters. The quantitative estimate of drug-likeness (QED) is 0.187. The van der Waals surface area contributed by atoms with Gasteiger partial charge < -0.3 is 29.3 Å². The molecule has 2 aromatic rings. The Morgan fingerprint density at radius 2 is 1.88 bits per heavy atom. The number of phenolic OH excluding ortho intramolecular Hbond substituents is 1. The van der Waals surface area contributed by atoms with Gasteiger partial charge >= 0.3 is 0 Å². The third kappa shape index (κ3) is 5.01. The Morgan fingerprint density at radius 1 is 1.15 bits per heavy atom. The maximum absolute atomic E-state index is 13.0. The highest BCUT2D eigenvalue weighted by molar-refractivity contribution is 6.46. The monoisotopic (exact) mass is 453 g/mol. The van der Waals surface area contributed by atoms with Crippen molar-refractivity contribution in [2.24, 2.45) is 0 Å². The summed E-state index contributed by atoms with van der Waals surface area (Å²) in [6.45, 7) is 4.58. The van der Waals surface area contributed by atoms with Crippen molar-refractivity contribution < 1.29 is 34.0 Å². The van der Waals surface area contributed by atoms with E-state index in [4.69, 9.17) is 14.2 Å². The molecule has 1 aliphatic heterocycles. The smallest absolute Gasteiger partial charge is 0.295 e. The minimum Gasteiger partial charge on any atom is -0.507 e. The van der Waals surface area contributed by atoms with Crippen LogP contribution < -0.4 is 9.47 Å². The number of likely N-dealkylation sites (tertiary alicyclic amines) is 1. The number of nitrogens with zero attached hydrogens (tertiary/aromatic N) is 1. The number of hydrogen-bond acceptors (Lipinski definition) is 7. The number of amides is 1. The van der Waals surface area contributed by atoms with Gasteiger partial charge in [0.2, 0.25) is 0 Å². The summed E-state index contributed by atoms with van der Waals surface area (Å²) >= 11 is 0. The van der Waals surface area contributed by atoms with Gasteiger partial charge in [0.15, 0.2) is 11.5 Å². The number of carbonyl (C=O) groups excluding carboxylic acids is 2. The van der Waals surface area contributed by atoms with E-state index in [0.29, 0.717) is 36.5 Å². The molecule has 2 N–H and O–H groups in total. The largest absolute Gasteiger partial charge is 0.507 e. The van der Waals surface area contributed by atoms with Gasteiger partial charge in [-0.15, -0.1) is 0 Å². The highest BCUT2D eigenvalue weighted by Crippen LogP contribution is 2.41. The van der Waals surface area contributed by atoms with E-state index in [2.05, 4.69) is 6.58 Å². The maximum atomic E-state index is 13.0. The van der Waals surface area contributed by atoms with Gasteiger partial charge in [0, 0.05) is 25.8 Å². The number of methoxy groups -OCH3 is 2. The van der Waals surface area contributed by atoms with Crippen LogP contribution in [0.5, 0.6) is 17.2 Å². The second-order valence-corrected chi connectivity index (χ2v) is 7.39. The second kappa shape index (κ2) is 10.7. The summed E-state index contributed by atoms with van der Waals surface area (Å²) in [6.07, 6.45) is 2.12. The number of benzene rings is 2. The van der Waals surface area contributed by atoms with Crippen molar-refractivity contribution in [3.8, 4) is 17.2 Å². The molecular weight excluding hydrogens is 426 g/mol. The summed E-state index contributed by atoms with van der Waals surface area (Å²) in [4.78, 5) is 27.3. The molecule has 33 heavy (non-hydrogen) atoms. The first-order valence-electron chi connectivity index (χ1n) is 10.4. The first kappa shape index (κ1) is 23.9. The van der Waals surface area contributed by atoms with Crippen LogP contribution in [-0.4, -0.2) is 60.8 Å². The van der Waals surface area contributed by atoms with E-state index in [9.17, 15) is 19.8 Å². The van der Waals surface area contributed by atoms with Crippen LogP contribution in [0.2, 0.25) is 0 Å². The van der Waals surface area contributed by atoms with Crippen molar-refractivity contribution in [1.29, 1.82) is 0 Å². The van der Waals surface area contributed by atoms with Gasteiger partial charge in [0.25, 0.3) is 11.7 Å². The summed E-state index contributed by atoms with van der Waals surface area (Å²) in [5.74, 6) is -1.10. The Bertz CT molecular complexity index is 1060. The van der Waals surface area contributed by atoms with Gasteiger partial charge in [0.05, 0.1) is 18.7 Å². The first-order chi connectivity index (χ1) is 15.9. The number of aromatic hydroxyl groups is 1. The molecule has 0 aromatic heterocycles. The van der Waals surface area contributed by atoms with Crippen molar-refractivity contribution in [1.82, 2.24) is 4.90 Å². The summed E-state index contributed by atoms with van der Waals surface area (Å²) in [6, 6.07) is 10.3. The Balaban J connectivity index is 2.08. The average molecular weight is 453 g/mol. The number of hydrogen-bond donors (Lipinski definition) is 2. The van der Waals surface area contributed by atoms with E-state index < -0.39 is 17.7 Å². The molecule has 0 unspecified atom stereocenters. The Labute approximate surface area is 192 Å². The number of Topliss-reactive ketones (excluding diaryl/α,β-unsaturated/α-hetero) is 1. The highest BCUT2D eigenvalue weighted by atomic mass is 16.5. The molecule has 1 heterocycles. The zero-order chi connectivity index (χ0) is 24.0.